The molecule has 0 bridgehead atoms. The maximum Gasteiger partial charge on any atom is 0.251 e. The molecule has 0 saturated heterocycles. The molecule has 2 amide bonds. The molecule has 2 aromatic rings. The molecule has 0 aliphatic heterocycles. The Labute approximate surface area is 144 Å². The summed E-state index contributed by atoms with van der Waals surface area (Å²) in [6, 6.07) is 11.7. The van der Waals surface area contributed by atoms with E-state index in [1.54, 1.807) is 49.5 Å². The molecule has 23 heavy (non-hydrogen) atoms. The van der Waals surface area contributed by atoms with Gasteiger partial charge in [0.1, 0.15) is 0 Å². The van der Waals surface area contributed by atoms with Gasteiger partial charge in [0.15, 0.2) is 0 Å². The Balaban J connectivity index is 1.95. The van der Waals surface area contributed by atoms with Crippen LogP contribution in [0.1, 0.15) is 10.4 Å². The molecule has 0 aliphatic carbocycles. The molecule has 2 aromatic carbocycles. The van der Waals surface area contributed by atoms with Crippen LogP contribution in [0.25, 0.3) is 0 Å². The fraction of sp³-hybridized carbons (Fsp3) is 0.125. The van der Waals surface area contributed by atoms with E-state index in [2.05, 4.69) is 16.0 Å². The Bertz CT molecular complexity index is 715. The Morgan fingerprint density at radius 3 is 2.35 bits per heavy atom. The van der Waals surface area contributed by atoms with Gasteiger partial charge in [-0.05, 0) is 36.4 Å². The van der Waals surface area contributed by atoms with Crippen LogP contribution in [0.5, 0.6) is 0 Å². The maximum atomic E-state index is 11.9. The van der Waals surface area contributed by atoms with Crippen LogP contribution in [-0.2, 0) is 4.79 Å². The first-order valence-electron chi connectivity index (χ1n) is 6.80. The number of amides is 2. The van der Waals surface area contributed by atoms with Crippen LogP contribution in [-0.4, -0.2) is 25.4 Å². The molecule has 0 unspecified atom stereocenters. The summed E-state index contributed by atoms with van der Waals surface area (Å²) in [6.45, 7) is 0.0430. The summed E-state index contributed by atoms with van der Waals surface area (Å²) in [6.07, 6.45) is 0. The molecule has 120 valence electrons. The van der Waals surface area contributed by atoms with Gasteiger partial charge >= 0.3 is 0 Å². The van der Waals surface area contributed by atoms with Gasteiger partial charge in [0.05, 0.1) is 6.54 Å². The van der Waals surface area contributed by atoms with Crippen molar-refractivity contribution in [2.45, 2.75) is 0 Å². The largest absolute Gasteiger partial charge is 0.376 e. The second kappa shape index (κ2) is 7.85. The number of benzene rings is 2. The van der Waals surface area contributed by atoms with Crippen LogP contribution >= 0.6 is 23.2 Å². The van der Waals surface area contributed by atoms with Gasteiger partial charge in [-0.1, -0.05) is 29.3 Å². The van der Waals surface area contributed by atoms with E-state index < -0.39 is 0 Å². The molecular formula is C16H15Cl2N3O2. The molecule has 0 spiro atoms. The number of hydrogen-bond donors (Lipinski definition) is 3. The van der Waals surface area contributed by atoms with Gasteiger partial charge in [0.25, 0.3) is 5.91 Å². The number of halogens is 2. The minimum atomic E-state index is -0.256. The van der Waals surface area contributed by atoms with Gasteiger partial charge in [-0.2, -0.15) is 0 Å². The van der Waals surface area contributed by atoms with E-state index >= 15 is 0 Å². The molecule has 3 N–H and O–H groups in total. The number of anilines is 2. The minimum Gasteiger partial charge on any atom is -0.376 e. The third-order valence-electron chi connectivity index (χ3n) is 2.95. The molecule has 0 aliphatic rings. The van der Waals surface area contributed by atoms with Crippen molar-refractivity contribution in [3.63, 3.8) is 0 Å². The molecular weight excluding hydrogens is 337 g/mol. The Hall–Kier alpha value is -2.24. The highest BCUT2D eigenvalue weighted by atomic mass is 35.5. The highest BCUT2D eigenvalue weighted by molar-refractivity contribution is 6.35. The molecule has 0 fully saturated rings. The van der Waals surface area contributed by atoms with E-state index in [4.69, 9.17) is 23.2 Å². The van der Waals surface area contributed by atoms with Crippen molar-refractivity contribution in [2.75, 3.05) is 24.2 Å². The number of nitrogens with one attached hydrogen (secondary N) is 3. The zero-order chi connectivity index (χ0) is 16.8. The van der Waals surface area contributed by atoms with Crippen molar-refractivity contribution in [3.05, 3.63) is 58.1 Å². The zero-order valence-corrected chi connectivity index (χ0v) is 13.8. The van der Waals surface area contributed by atoms with Gasteiger partial charge in [-0.15, -0.1) is 0 Å². The topological polar surface area (TPSA) is 70.2 Å². The second-order valence-electron chi connectivity index (χ2n) is 4.72. The predicted molar refractivity (Wildman–Crippen MR) is 93.4 cm³/mol. The Kier molecular flexibility index (Phi) is 5.84. The van der Waals surface area contributed by atoms with Crippen molar-refractivity contribution >= 4 is 46.4 Å². The maximum absolute atomic E-state index is 11.9. The van der Waals surface area contributed by atoms with Gasteiger partial charge in [0.2, 0.25) is 5.91 Å². The third kappa shape index (κ3) is 5.16. The van der Waals surface area contributed by atoms with Gasteiger partial charge < -0.3 is 16.0 Å². The van der Waals surface area contributed by atoms with E-state index in [1.807, 2.05) is 0 Å². The Morgan fingerprint density at radius 2 is 1.70 bits per heavy atom. The standard InChI is InChI=1S/C16H15Cl2N3O2/c1-19-16(23)10-3-2-4-13(5-10)20-9-15(22)21-14-7-11(17)6-12(18)8-14/h2-8,20H,9H2,1H3,(H,19,23)(H,21,22). The first-order valence-corrected chi connectivity index (χ1v) is 7.55. The molecule has 7 heteroatoms. The summed E-state index contributed by atoms with van der Waals surface area (Å²) < 4.78 is 0. The van der Waals surface area contributed by atoms with Crippen LogP contribution in [0.4, 0.5) is 11.4 Å². The molecule has 0 aromatic heterocycles. The third-order valence-corrected chi connectivity index (χ3v) is 3.39. The zero-order valence-electron chi connectivity index (χ0n) is 12.3. The monoisotopic (exact) mass is 351 g/mol. The first-order chi connectivity index (χ1) is 11.0. The number of carbonyl (C=O) groups is 2. The number of carbonyl (C=O) groups excluding carboxylic acids is 2. The summed E-state index contributed by atoms with van der Waals surface area (Å²) in [7, 11) is 1.56. The van der Waals surface area contributed by atoms with E-state index in [1.165, 1.54) is 0 Å². The number of hydrogen-bond acceptors (Lipinski definition) is 3. The van der Waals surface area contributed by atoms with Crippen LogP contribution in [0.15, 0.2) is 42.5 Å². The summed E-state index contributed by atoms with van der Waals surface area (Å²) in [5.74, 6) is -0.444. The van der Waals surface area contributed by atoms with Crippen LogP contribution in [0, 0.1) is 0 Å². The number of rotatable bonds is 5. The average Bonchev–Trinajstić information content (AvgIpc) is 2.51. The van der Waals surface area contributed by atoms with Crippen molar-refractivity contribution in [2.24, 2.45) is 0 Å². The summed E-state index contributed by atoms with van der Waals surface area (Å²) in [5, 5.41) is 9.08. The summed E-state index contributed by atoms with van der Waals surface area (Å²) in [4.78, 5) is 23.5. The summed E-state index contributed by atoms with van der Waals surface area (Å²) in [5.41, 5.74) is 1.71. The SMILES string of the molecule is CNC(=O)c1cccc(NCC(=O)Nc2cc(Cl)cc(Cl)c2)c1. The van der Waals surface area contributed by atoms with E-state index in [9.17, 15) is 9.59 Å². The fourth-order valence-corrected chi connectivity index (χ4v) is 2.45. The lowest BCUT2D eigenvalue weighted by Crippen LogP contribution is -2.22. The lowest BCUT2D eigenvalue weighted by Gasteiger charge is -2.09. The smallest absolute Gasteiger partial charge is 0.251 e. The quantitative estimate of drug-likeness (QED) is 0.772. The van der Waals surface area contributed by atoms with Crippen molar-refractivity contribution < 1.29 is 9.59 Å². The lowest BCUT2D eigenvalue weighted by atomic mass is 10.2. The van der Waals surface area contributed by atoms with Crippen LogP contribution in [0.2, 0.25) is 10.0 Å². The molecule has 5 nitrogen and oxygen atoms in total. The second-order valence-corrected chi connectivity index (χ2v) is 5.59. The molecule has 0 saturated carbocycles. The van der Waals surface area contributed by atoms with Crippen molar-refractivity contribution in [1.29, 1.82) is 0 Å². The normalized spacial score (nSPS) is 10.0. The van der Waals surface area contributed by atoms with E-state index in [-0.39, 0.29) is 18.4 Å². The molecule has 0 radical (unpaired) electrons. The van der Waals surface area contributed by atoms with E-state index in [0.717, 1.165) is 0 Å². The van der Waals surface area contributed by atoms with Gasteiger partial charge in [0, 0.05) is 34.0 Å². The summed E-state index contributed by atoms with van der Waals surface area (Å²) >= 11 is 11.8. The van der Waals surface area contributed by atoms with Gasteiger partial charge in [-0.25, -0.2) is 0 Å². The van der Waals surface area contributed by atoms with Crippen LogP contribution in [0.3, 0.4) is 0 Å². The molecule has 0 atom stereocenters. The highest BCUT2D eigenvalue weighted by Gasteiger charge is 2.06. The van der Waals surface area contributed by atoms with Crippen LogP contribution < -0.4 is 16.0 Å². The fourth-order valence-electron chi connectivity index (χ4n) is 1.93. The molecule has 0 heterocycles. The Morgan fingerprint density at radius 1 is 1.00 bits per heavy atom. The van der Waals surface area contributed by atoms with E-state index in [0.29, 0.717) is 27.0 Å². The first kappa shape index (κ1) is 17.1. The highest BCUT2D eigenvalue weighted by Crippen LogP contribution is 2.22. The van der Waals surface area contributed by atoms with Gasteiger partial charge in [-0.3, -0.25) is 9.59 Å². The van der Waals surface area contributed by atoms with Crippen molar-refractivity contribution in [3.8, 4) is 0 Å². The van der Waals surface area contributed by atoms with Crippen molar-refractivity contribution in [1.82, 2.24) is 5.32 Å². The minimum absolute atomic E-state index is 0.0430. The lowest BCUT2D eigenvalue weighted by molar-refractivity contribution is -0.114. The molecule has 2 rings (SSSR count). The average molecular weight is 352 g/mol. The predicted octanol–water partition coefficient (Wildman–Crippen LogP) is 3.40.